The molecule has 1 amide bonds. The number of primary amides is 1. The lowest BCUT2D eigenvalue weighted by Gasteiger charge is -2.40. The summed E-state index contributed by atoms with van der Waals surface area (Å²) in [4.78, 5) is 26.8. The number of halogens is 2. The van der Waals surface area contributed by atoms with Gasteiger partial charge in [0.1, 0.15) is 5.69 Å². The molecule has 3 heterocycles. The highest BCUT2D eigenvalue weighted by Gasteiger charge is 2.45. The van der Waals surface area contributed by atoms with Crippen LogP contribution in [-0.4, -0.2) is 66.8 Å². The number of nitrogens with zero attached hydrogens (tertiary/aromatic N) is 2. The van der Waals surface area contributed by atoms with Crippen molar-refractivity contribution < 1.29 is 33.0 Å². The molecule has 3 aliphatic rings. The van der Waals surface area contributed by atoms with Gasteiger partial charge in [0.05, 0.1) is 19.7 Å². The number of amides is 1. The van der Waals surface area contributed by atoms with Crippen LogP contribution in [0.25, 0.3) is 5.73 Å². The van der Waals surface area contributed by atoms with E-state index in [1.165, 1.54) is 17.0 Å². The minimum atomic E-state index is -2.70. The average molecular weight is 455 g/mol. The Morgan fingerprint density at radius 1 is 1.28 bits per heavy atom. The number of carbonyl (C=O) groups is 2. The zero-order chi connectivity index (χ0) is 23.3. The van der Waals surface area contributed by atoms with E-state index in [9.17, 15) is 18.4 Å². The molecule has 0 spiro atoms. The van der Waals surface area contributed by atoms with Crippen molar-refractivity contribution in [2.75, 3.05) is 37.8 Å². The van der Waals surface area contributed by atoms with E-state index in [0.717, 1.165) is 38.9 Å². The van der Waals surface area contributed by atoms with Gasteiger partial charge in [-0.05, 0) is 43.7 Å². The first-order valence-corrected chi connectivity index (χ1v) is 10.7. The maximum atomic E-state index is 12.9. The van der Waals surface area contributed by atoms with E-state index in [4.69, 9.17) is 26.0 Å². The molecule has 2 aliphatic heterocycles. The molecule has 3 fully saturated rings. The highest BCUT2D eigenvalue weighted by atomic mass is 19.3. The number of rotatable bonds is 8. The number of alkyl halides is 2. The average Bonchev–Trinajstić information content (AvgIpc) is 3.55. The van der Waals surface area contributed by atoms with Gasteiger partial charge in [-0.3, -0.25) is 4.79 Å². The second-order valence-corrected chi connectivity index (χ2v) is 8.52. The van der Waals surface area contributed by atoms with Crippen molar-refractivity contribution in [3.63, 3.8) is 0 Å². The Bertz CT molecular complexity index is 807. The zero-order valence-electron chi connectivity index (χ0n) is 17.8. The van der Waals surface area contributed by atoms with Crippen LogP contribution in [0.4, 0.5) is 14.5 Å². The summed E-state index contributed by atoms with van der Waals surface area (Å²) < 4.78 is 36.6. The number of pyridine rings is 1. The Morgan fingerprint density at radius 3 is 2.47 bits per heavy atom. The summed E-state index contributed by atoms with van der Waals surface area (Å²) in [6, 6.07) is 2.46. The molecule has 9 nitrogen and oxygen atoms in total. The molecular weight excluding hydrogens is 426 g/mol. The number of hydrogen-bond acceptors (Lipinski definition) is 6. The smallest absolute Gasteiger partial charge is 0.354 e. The van der Waals surface area contributed by atoms with Gasteiger partial charge in [0.25, 0.3) is 5.92 Å². The van der Waals surface area contributed by atoms with Crippen LogP contribution in [0.5, 0.6) is 5.88 Å². The Balaban J connectivity index is 0.000000207. The molecule has 4 rings (SSSR count). The number of aromatic carboxylic acids is 1. The van der Waals surface area contributed by atoms with Crippen molar-refractivity contribution >= 4 is 17.6 Å². The largest absolute Gasteiger partial charge is 0.674 e. The van der Waals surface area contributed by atoms with E-state index in [0.29, 0.717) is 24.1 Å². The standard InChI is InChI=1S/C13H14F2N2O3.C8H15N2O2/c14-13(15)6-17(7-13)10-4-3-9(12(18)19)16-11(10)20-5-8-1-2-8;9-7(5-8(10)11)6-1-3-12-4-2-6/h3-4,8H,1-2,5-7H2,(H,18,19);6-7,9H,1-5H2,(H2,10,11)/q;-1/t;7-/m.0/s1. The number of hydrogen-bond donors (Lipinski definition) is 2. The Labute approximate surface area is 185 Å². The quantitative estimate of drug-likeness (QED) is 0.614. The van der Waals surface area contributed by atoms with Crippen molar-refractivity contribution in [3.8, 4) is 5.88 Å². The molecule has 1 aliphatic carbocycles. The molecule has 2 saturated heterocycles. The number of carboxylic acid groups (broad SMARTS) is 1. The van der Waals surface area contributed by atoms with Crippen LogP contribution >= 0.6 is 0 Å². The predicted molar refractivity (Wildman–Crippen MR) is 112 cm³/mol. The number of carbonyl (C=O) groups excluding carboxylic acids is 1. The van der Waals surface area contributed by atoms with Gasteiger partial charge in [-0.1, -0.05) is 5.92 Å². The number of nitrogens with one attached hydrogen (secondary N) is 1. The minimum absolute atomic E-state index is 0.132. The van der Waals surface area contributed by atoms with Gasteiger partial charge in [-0.25, -0.2) is 18.6 Å². The first-order chi connectivity index (χ1) is 15.1. The van der Waals surface area contributed by atoms with E-state index in [1.807, 2.05) is 0 Å². The lowest BCUT2D eigenvalue weighted by molar-refractivity contribution is -0.118. The normalized spacial score (nSPS) is 21.0. The lowest BCUT2D eigenvalue weighted by atomic mass is 9.90. The molecule has 1 aromatic rings. The van der Waals surface area contributed by atoms with Crippen LogP contribution in [0.1, 0.15) is 42.6 Å². The summed E-state index contributed by atoms with van der Waals surface area (Å²) in [6.07, 6.45) is 4.12. The van der Waals surface area contributed by atoms with Gasteiger partial charge in [0.15, 0.2) is 5.69 Å². The van der Waals surface area contributed by atoms with Gasteiger partial charge < -0.3 is 30.9 Å². The third kappa shape index (κ3) is 6.99. The van der Waals surface area contributed by atoms with Gasteiger partial charge in [0, 0.05) is 19.6 Å². The molecular formula is C21H29F2N4O5-. The van der Waals surface area contributed by atoms with Gasteiger partial charge in [-0.15, -0.1) is 6.04 Å². The van der Waals surface area contributed by atoms with E-state index in [-0.39, 0.29) is 43.0 Å². The van der Waals surface area contributed by atoms with Gasteiger partial charge in [-0.2, -0.15) is 0 Å². The van der Waals surface area contributed by atoms with Crippen molar-refractivity contribution in [3.05, 3.63) is 23.6 Å². The van der Waals surface area contributed by atoms with Crippen LogP contribution < -0.4 is 15.4 Å². The highest BCUT2D eigenvalue weighted by molar-refractivity contribution is 5.86. The SMILES string of the molecule is O=C(O)c1ccc(N2CC(F)(F)C2)c(OCC2CC2)n1.[NH-][C@@H](CC(N)=O)C1CCOCC1. The van der Waals surface area contributed by atoms with E-state index < -0.39 is 11.9 Å². The monoisotopic (exact) mass is 455 g/mol. The van der Waals surface area contributed by atoms with Crippen molar-refractivity contribution in [1.29, 1.82) is 0 Å². The second kappa shape index (κ2) is 10.4. The van der Waals surface area contributed by atoms with Gasteiger partial charge >= 0.3 is 5.97 Å². The van der Waals surface area contributed by atoms with Gasteiger partial charge in [0.2, 0.25) is 11.8 Å². The van der Waals surface area contributed by atoms with E-state index in [2.05, 4.69) is 4.98 Å². The number of anilines is 1. The lowest BCUT2D eigenvalue weighted by Crippen LogP contribution is -2.56. The van der Waals surface area contributed by atoms with E-state index in [1.54, 1.807) is 0 Å². The summed E-state index contributed by atoms with van der Waals surface area (Å²) in [6.45, 7) is 1.12. The van der Waals surface area contributed by atoms with Crippen LogP contribution in [0.2, 0.25) is 0 Å². The molecule has 0 aromatic carbocycles. The van der Waals surface area contributed by atoms with Crippen LogP contribution in [-0.2, 0) is 9.53 Å². The fourth-order valence-corrected chi connectivity index (χ4v) is 3.56. The summed E-state index contributed by atoms with van der Waals surface area (Å²) in [7, 11) is 0. The second-order valence-electron chi connectivity index (χ2n) is 8.52. The number of nitrogens with two attached hydrogens (primary N) is 1. The van der Waals surface area contributed by atoms with E-state index >= 15 is 0 Å². The summed E-state index contributed by atoms with van der Waals surface area (Å²) in [5.41, 5.74) is 12.9. The molecule has 11 heteroatoms. The molecule has 32 heavy (non-hydrogen) atoms. The van der Waals surface area contributed by atoms with Crippen LogP contribution in [0.15, 0.2) is 12.1 Å². The van der Waals surface area contributed by atoms with Crippen molar-refractivity contribution in [2.24, 2.45) is 17.6 Å². The molecule has 178 valence electrons. The first-order valence-electron chi connectivity index (χ1n) is 10.7. The van der Waals surface area contributed by atoms with Crippen LogP contribution in [0, 0.1) is 11.8 Å². The fraction of sp³-hybridized carbons (Fsp3) is 0.667. The van der Waals surface area contributed by atoms with Crippen molar-refractivity contribution in [2.45, 2.75) is 44.1 Å². The summed E-state index contributed by atoms with van der Waals surface area (Å²) in [5, 5.41) is 8.93. The maximum Gasteiger partial charge on any atom is 0.354 e. The molecule has 1 saturated carbocycles. The Hall–Kier alpha value is -2.53. The molecule has 1 aromatic heterocycles. The predicted octanol–water partition coefficient (Wildman–Crippen LogP) is 2.73. The molecule has 4 N–H and O–H groups in total. The highest BCUT2D eigenvalue weighted by Crippen LogP contribution is 2.37. The number of ether oxygens (including phenoxy) is 2. The number of carboxylic acids is 1. The Morgan fingerprint density at radius 2 is 1.94 bits per heavy atom. The molecule has 0 bridgehead atoms. The third-order valence-electron chi connectivity index (χ3n) is 5.65. The molecule has 0 radical (unpaired) electrons. The van der Waals surface area contributed by atoms with Crippen LogP contribution in [0.3, 0.4) is 0 Å². The summed E-state index contributed by atoms with van der Waals surface area (Å²) >= 11 is 0. The van der Waals surface area contributed by atoms with Crippen molar-refractivity contribution in [1.82, 2.24) is 4.98 Å². The Kier molecular flexibility index (Phi) is 7.83. The third-order valence-corrected chi connectivity index (χ3v) is 5.65. The maximum absolute atomic E-state index is 12.9. The molecule has 0 unspecified atom stereocenters. The topological polar surface area (TPSA) is 139 Å². The number of aromatic nitrogens is 1. The minimum Gasteiger partial charge on any atom is -0.674 e. The fourth-order valence-electron chi connectivity index (χ4n) is 3.56. The zero-order valence-corrected chi connectivity index (χ0v) is 17.8. The first kappa shape index (κ1) is 24.1. The molecule has 1 atom stereocenters. The summed E-state index contributed by atoms with van der Waals surface area (Å²) in [5.74, 6) is -3.34.